The van der Waals surface area contributed by atoms with Gasteiger partial charge in [-0.3, -0.25) is 4.90 Å². The fourth-order valence-electron chi connectivity index (χ4n) is 2.67. The number of aromatic nitrogens is 2. The second-order valence-corrected chi connectivity index (χ2v) is 5.78. The number of rotatable bonds is 8. The number of piperazine rings is 1. The topological polar surface area (TPSA) is 45.6 Å². The molecule has 1 aliphatic rings. The van der Waals surface area contributed by atoms with Crippen molar-refractivity contribution < 1.29 is 4.74 Å². The number of likely N-dealkylation sites (N-methyl/N-ethyl adjacent to an activating group) is 2. The van der Waals surface area contributed by atoms with Gasteiger partial charge in [-0.2, -0.15) is 0 Å². The number of nitrogens with one attached hydrogen (secondary N) is 1. The van der Waals surface area contributed by atoms with E-state index in [-0.39, 0.29) is 0 Å². The fourth-order valence-corrected chi connectivity index (χ4v) is 2.67. The van der Waals surface area contributed by atoms with Crippen LogP contribution in [0, 0.1) is 0 Å². The van der Waals surface area contributed by atoms with Gasteiger partial charge in [0.15, 0.2) is 0 Å². The van der Waals surface area contributed by atoms with Crippen molar-refractivity contribution in [1.29, 1.82) is 0 Å². The van der Waals surface area contributed by atoms with E-state index in [4.69, 9.17) is 4.74 Å². The molecule has 6 nitrogen and oxygen atoms in total. The van der Waals surface area contributed by atoms with Crippen LogP contribution < -0.4 is 5.32 Å². The summed E-state index contributed by atoms with van der Waals surface area (Å²) in [4.78, 5) is 9.27. The molecule has 0 spiro atoms. The van der Waals surface area contributed by atoms with Gasteiger partial charge in [-0.05, 0) is 27.4 Å². The van der Waals surface area contributed by atoms with Crippen LogP contribution >= 0.6 is 0 Å². The molecule has 2 rings (SSSR count). The lowest BCUT2D eigenvalue weighted by molar-refractivity contribution is 0.103. The van der Waals surface area contributed by atoms with Crippen molar-refractivity contribution in [1.82, 2.24) is 19.4 Å². The van der Waals surface area contributed by atoms with E-state index in [1.165, 1.54) is 0 Å². The molecule has 0 bridgehead atoms. The van der Waals surface area contributed by atoms with E-state index in [1.54, 1.807) is 0 Å². The van der Waals surface area contributed by atoms with Crippen molar-refractivity contribution in [3.63, 3.8) is 0 Å². The number of ether oxygens (including phenoxy) is 1. The zero-order valence-electron chi connectivity index (χ0n) is 13.6. The Balaban J connectivity index is 1.82. The average molecular weight is 295 g/mol. The third-order valence-corrected chi connectivity index (χ3v) is 4.06. The molecule has 1 N–H and O–H groups in total. The van der Waals surface area contributed by atoms with Gasteiger partial charge in [-0.1, -0.05) is 0 Å². The maximum Gasteiger partial charge on any atom is 0.202 e. The van der Waals surface area contributed by atoms with Gasteiger partial charge in [0, 0.05) is 64.4 Å². The minimum absolute atomic E-state index is 0.543. The summed E-state index contributed by atoms with van der Waals surface area (Å²) in [5, 5.41) is 3.41. The van der Waals surface area contributed by atoms with E-state index in [0.717, 1.165) is 58.3 Å². The molecule has 21 heavy (non-hydrogen) atoms. The molecule has 1 atom stereocenters. The summed E-state index contributed by atoms with van der Waals surface area (Å²) in [6, 6.07) is 0.543. The number of nitrogens with zero attached hydrogens (tertiary/aromatic N) is 4. The van der Waals surface area contributed by atoms with Crippen molar-refractivity contribution in [2.24, 2.45) is 0 Å². The standard InChI is InChI=1S/C15H29N5O/c1-4-21-11-5-6-16-15-17-7-8-20(15)13-14-12-18(2)9-10-19(14)3/h7-8,14H,4-6,9-13H2,1-3H3,(H,16,17). The Labute approximate surface area is 128 Å². The molecular formula is C15H29N5O. The molecule has 0 saturated carbocycles. The lowest BCUT2D eigenvalue weighted by atomic mass is 10.2. The summed E-state index contributed by atoms with van der Waals surface area (Å²) in [6.45, 7) is 8.89. The van der Waals surface area contributed by atoms with Crippen LogP contribution in [0.25, 0.3) is 0 Å². The summed E-state index contributed by atoms with van der Waals surface area (Å²) in [5.41, 5.74) is 0. The fraction of sp³-hybridized carbons (Fsp3) is 0.800. The van der Waals surface area contributed by atoms with E-state index in [1.807, 2.05) is 13.1 Å². The Hall–Kier alpha value is -1.11. The van der Waals surface area contributed by atoms with Crippen LogP contribution in [0.2, 0.25) is 0 Å². The first kappa shape index (κ1) is 16.3. The van der Waals surface area contributed by atoms with E-state index in [9.17, 15) is 0 Å². The van der Waals surface area contributed by atoms with Gasteiger partial charge >= 0.3 is 0 Å². The van der Waals surface area contributed by atoms with Crippen molar-refractivity contribution in [2.45, 2.75) is 25.9 Å². The van der Waals surface area contributed by atoms with Crippen LogP contribution in [-0.4, -0.2) is 78.9 Å². The number of anilines is 1. The first-order chi connectivity index (χ1) is 10.2. The van der Waals surface area contributed by atoms with Gasteiger partial charge in [0.1, 0.15) is 0 Å². The molecule has 0 amide bonds. The molecule has 1 aromatic heterocycles. The minimum Gasteiger partial charge on any atom is -0.382 e. The van der Waals surface area contributed by atoms with Gasteiger partial charge in [-0.15, -0.1) is 0 Å². The van der Waals surface area contributed by atoms with Crippen LogP contribution in [0.15, 0.2) is 12.4 Å². The van der Waals surface area contributed by atoms with Gasteiger partial charge in [-0.25, -0.2) is 4.98 Å². The maximum absolute atomic E-state index is 5.35. The monoisotopic (exact) mass is 295 g/mol. The van der Waals surface area contributed by atoms with Crippen molar-refractivity contribution in [3.8, 4) is 0 Å². The van der Waals surface area contributed by atoms with Crippen LogP contribution in [0.5, 0.6) is 0 Å². The highest BCUT2D eigenvalue weighted by atomic mass is 16.5. The molecule has 2 heterocycles. The molecule has 120 valence electrons. The highest BCUT2D eigenvalue weighted by Gasteiger charge is 2.22. The minimum atomic E-state index is 0.543. The molecule has 1 aromatic rings. The normalized spacial score (nSPS) is 20.8. The third kappa shape index (κ3) is 4.98. The van der Waals surface area contributed by atoms with Crippen LogP contribution in [0.4, 0.5) is 5.95 Å². The largest absolute Gasteiger partial charge is 0.382 e. The molecule has 1 saturated heterocycles. The molecular weight excluding hydrogens is 266 g/mol. The Morgan fingerprint density at radius 2 is 2.24 bits per heavy atom. The molecule has 6 heteroatoms. The molecule has 0 radical (unpaired) electrons. The third-order valence-electron chi connectivity index (χ3n) is 4.06. The first-order valence-corrected chi connectivity index (χ1v) is 7.92. The van der Waals surface area contributed by atoms with E-state index >= 15 is 0 Å². The summed E-state index contributed by atoms with van der Waals surface area (Å²) in [6.07, 6.45) is 4.94. The summed E-state index contributed by atoms with van der Waals surface area (Å²) in [5.74, 6) is 0.966. The van der Waals surface area contributed by atoms with Crippen molar-refractivity contribution >= 4 is 5.95 Å². The van der Waals surface area contributed by atoms with Crippen LogP contribution in [0.3, 0.4) is 0 Å². The highest BCUT2D eigenvalue weighted by molar-refractivity contribution is 5.25. The lowest BCUT2D eigenvalue weighted by Gasteiger charge is -2.38. The number of hydrogen-bond acceptors (Lipinski definition) is 5. The lowest BCUT2D eigenvalue weighted by Crippen LogP contribution is -2.51. The Bertz CT molecular complexity index is 409. The van der Waals surface area contributed by atoms with Gasteiger partial charge < -0.3 is 19.5 Å². The van der Waals surface area contributed by atoms with Crippen molar-refractivity contribution in [3.05, 3.63) is 12.4 Å². The zero-order valence-corrected chi connectivity index (χ0v) is 13.6. The molecule has 1 aliphatic heterocycles. The summed E-state index contributed by atoms with van der Waals surface area (Å²) < 4.78 is 7.57. The van der Waals surface area contributed by atoms with Crippen molar-refractivity contribution in [2.75, 3.05) is 58.8 Å². The van der Waals surface area contributed by atoms with Crippen LogP contribution in [0.1, 0.15) is 13.3 Å². The predicted octanol–water partition coefficient (Wildman–Crippen LogP) is 0.967. The Morgan fingerprint density at radius 3 is 3.05 bits per heavy atom. The van der Waals surface area contributed by atoms with E-state index < -0.39 is 0 Å². The molecule has 1 fully saturated rings. The average Bonchev–Trinajstić information content (AvgIpc) is 2.90. The quantitative estimate of drug-likeness (QED) is 0.724. The molecule has 0 aromatic carbocycles. The van der Waals surface area contributed by atoms with Gasteiger partial charge in [0.2, 0.25) is 5.95 Å². The van der Waals surface area contributed by atoms with Crippen LogP contribution in [-0.2, 0) is 11.3 Å². The molecule has 1 unspecified atom stereocenters. The predicted molar refractivity (Wildman–Crippen MR) is 85.7 cm³/mol. The van der Waals surface area contributed by atoms with E-state index in [0.29, 0.717) is 6.04 Å². The van der Waals surface area contributed by atoms with Gasteiger partial charge in [0.25, 0.3) is 0 Å². The summed E-state index contributed by atoms with van der Waals surface area (Å²) >= 11 is 0. The second kappa shape index (κ2) is 8.36. The Kier molecular flexibility index (Phi) is 6.48. The molecule has 0 aliphatic carbocycles. The summed E-state index contributed by atoms with van der Waals surface area (Å²) in [7, 11) is 4.41. The number of hydrogen-bond donors (Lipinski definition) is 1. The van der Waals surface area contributed by atoms with Gasteiger partial charge in [0.05, 0.1) is 0 Å². The SMILES string of the molecule is CCOCCCNc1nccn1CC1CN(C)CCN1C. The maximum atomic E-state index is 5.35. The highest BCUT2D eigenvalue weighted by Crippen LogP contribution is 2.12. The Morgan fingerprint density at radius 1 is 1.38 bits per heavy atom. The smallest absolute Gasteiger partial charge is 0.202 e. The number of imidazole rings is 1. The van der Waals surface area contributed by atoms with E-state index in [2.05, 4.69) is 45.0 Å². The second-order valence-electron chi connectivity index (χ2n) is 5.78. The zero-order chi connectivity index (χ0) is 15.1. The first-order valence-electron chi connectivity index (χ1n) is 7.92.